The van der Waals surface area contributed by atoms with Crippen molar-refractivity contribution in [3.05, 3.63) is 149 Å². The van der Waals surface area contributed by atoms with E-state index in [1.807, 2.05) is 53.5 Å². The van der Waals surface area contributed by atoms with Crippen molar-refractivity contribution < 1.29 is 88.7 Å². The first-order valence-corrected chi connectivity index (χ1v) is 42.4. The van der Waals surface area contributed by atoms with E-state index in [-0.39, 0.29) is 48.8 Å². The predicted molar refractivity (Wildman–Crippen MR) is 348 cm³/mol. The number of carbonyl (C=O) groups excluding carboxylic acids is 5. The van der Waals surface area contributed by atoms with Crippen LogP contribution in [0.4, 0.5) is 0 Å². The van der Waals surface area contributed by atoms with Gasteiger partial charge < -0.3 is 64.7 Å². The van der Waals surface area contributed by atoms with Crippen molar-refractivity contribution >= 4 is 71.7 Å². The van der Waals surface area contributed by atoms with Crippen LogP contribution in [0.3, 0.4) is 0 Å². The van der Waals surface area contributed by atoms with Crippen molar-refractivity contribution in [2.45, 2.75) is 156 Å². The van der Waals surface area contributed by atoms with Gasteiger partial charge in [-0.1, -0.05) is 20.8 Å². The highest BCUT2D eigenvalue weighted by molar-refractivity contribution is 6.94. The fourth-order valence-corrected chi connectivity index (χ4v) is 36.8. The molecule has 0 spiro atoms. The maximum atomic E-state index is 13.3. The molecule has 4 N–H and O–H groups in total. The van der Waals surface area contributed by atoms with Crippen LogP contribution in [-0.4, -0.2) is 146 Å². The lowest BCUT2D eigenvalue weighted by molar-refractivity contribution is 0.0487. The second kappa shape index (κ2) is 28.4. The molecule has 0 saturated carbocycles. The number of carbonyl (C=O) groups is 5. The lowest BCUT2D eigenvalue weighted by atomic mass is 9.86. The van der Waals surface area contributed by atoms with Crippen LogP contribution in [0, 0.1) is 5.41 Å². The third-order valence-electron chi connectivity index (χ3n) is 14.2. The van der Waals surface area contributed by atoms with E-state index in [0.29, 0.717) is 70.4 Å². The number of benzene rings is 5. The van der Waals surface area contributed by atoms with Gasteiger partial charge in [-0.3, -0.25) is 24.0 Å². The molecule has 0 bridgehead atoms. The Morgan fingerprint density at radius 1 is 0.315 bits per heavy atom. The first-order valence-electron chi connectivity index (χ1n) is 29.8. The van der Waals surface area contributed by atoms with E-state index in [0.717, 1.165) is 0 Å². The van der Waals surface area contributed by atoms with Crippen molar-refractivity contribution in [2.75, 3.05) is 31.9 Å². The van der Waals surface area contributed by atoms with Crippen LogP contribution in [0.15, 0.2) is 121 Å². The zero-order chi connectivity index (χ0) is 66.2. The second-order valence-electron chi connectivity index (χ2n) is 26.7. The van der Waals surface area contributed by atoms with E-state index in [1.165, 1.54) is 55.4 Å². The number of hydrogen-bond donors (Lipinski definition) is 4. The highest BCUT2D eigenvalue weighted by Crippen LogP contribution is 2.37. The Labute approximate surface area is 529 Å². The molecule has 24 heteroatoms. The predicted octanol–water partition coefficient (Wildman–Crippen LogP) is 11.3. The van der Waals surface area contributed by atoms with Crippen molar-refractivity contribution in [1.82, 2.24) is 0 Å². The topological polar surface area (TPSA) is 259 Å². The van der Waals surface area contributed by atoms with Crippen LogP contribution in [0.25, 0.3) is 0 Å². The van der Waals surface area contributed by atoms with Gasteiger partial charge in [-0.15, -0.1) is 0 Å². The minimum atomic E-state index is -3.87. The monoisotopic (exact) mass is 1310 g/mol. The third kappa shape index (κ3) is 21.1. The minimum absolute atomic E-state index is 0.0348. The summed E-state index contributed by atoms with van der Waals surface area (Å²) in [5.41, 5.74) is -5.22. The lowest BCUT2D eigenvalue weighted by Crippen LogP contribution is -2.70. The van der Waals surface area contributed by atoms with Crippen molar-refractivity contribution in [3.63, 3.8) is 0 Å². The third-order valence-corrected chi connectivity index (χ3v) is 36.0. The van der Waals surface area contributed by atoms with Crippen molar-refractivity contribution in [3.8, 4) is 28.7 Å². The Hall–Kier alpha value is -5.83. The van der Waals surface area contributed by atoms with E-state index in [4.69, 9.17) is 44.3 Å². The van der Waals surface area contributed by atoms with E-state index in [9.17, 15) is 44.4 Å². The average molecular weight is 1320 g/mol. The highest BCUT2D eigenvalue weighted by Gasteiger charge is 2.58. The summed E-state index contributed by atoms with van der Waals surface area (Å²) in [6, 6.07) is 33.5. The smallest absolute Gasteiger partial charge is 0.356 e. The number of Topliss-reactive ketones (excluding diaryl/α,β-unsaturated/α-hetero) is 5. The molecule has 1 aliphatic heterocycles. The summed E-state index contributed by atoms with van der Waals surface area (Å²) in [5.74, 6) is 0.373. The Morgan fingerprint density at radius 3 is 0.719 bits per heavy atom. The standard InChI is InChI=1S/C65H90O19Si5/c1-61(2,3)56(66)46-19-33-53(34-20-46)77-43-87(14)81-85(12,41-17-39-75-51-29-21-47(22-30-51)57(67)62(4,5)71)80-86(13,42-18-40-76-52-31-23-48(24-32-52)58(68)63(6,7)72)82-88(15,44-78-54-35-25-49(26-36-54)59(69)64(8,9)73)84-89(16,83-87)45-79-55-37-27-50(28-38-55)60(70)65(10,11)74/h19-38,71-74H,17-18,39-45H2,1-16H3. The molecule has 1 fully saturated rings. The molecule has 0 amide bonds. The fourth-order valence-electron chi connectivity index (χ4n) is 9.94. The zero-order valence-electron chi connectivity index (χ0n) is 54.3. The van der Waals surface area contributed by atoms with E-state index in [1.54, 1.807) is 121 Å². The van der Waals surface area contributed by atoms with Gasteiger partial charge in [-0.25, -0.2) is 0 Å². The molecule has 484 valence electrons. The molecule has 1 aliphatic rings. The molecule has 1 saturated heterocycles. The first kappa shape index (κ1) is 72.2. The summed E-state index contributed by atoms with van der Waals surface area (Å²) in [7, 11) is -18.8. The van der Waals surface area contributed by atoms with Gasteiger partial charge in [0, 0.05) is 33.2 Å². The van der Waals surface area contributed by atoms with Gasteiger partial charge in [-0.05, 0) is 234 Å². The molecule has 5 aromatic rings. The van der Waals surface area contributed by atoms with Crippen LogP contribution >= 0.6 is 0 Å². The van der Waals surface area contributed by atoms with Crippen LogP contribution in [0.5, 0.6) is 28.7 Å². The van der Waals surface area contributed by atoms with Gasteiger partial charge in [0.2, 0.25) is 0 Å². The zero-order valence-corrected chi connectivity index (χ0v) is 59.3. The number of ketones is 5. The molecular weight excluding hydrogens is 1230 g/mol. The van der Waals surface area contributed by atoms with Gasteiger partial charge in [0.05, 0.1) is 13.2 Å². The molecular formula is C65H90O19Si5. The van der Waals surface area contributed by atoms with Gasteiger partial charge in [0.25, 0.3) is 0 Å². The molecule has 5 atom stereocenters. The quantitative estimate of drug-likeness (QED) is 0.0206. The summed E-state index contributed by atoms with van der Waals surface area (Å²) < 4.78 is 70.0. The molecule has 5 aromatic carbocycles. The Morgan fingerprint density at radius 2 is 0.506 bits per heavy atom. The Balaban J connectivity index is 1.43. The minimum Gasteiger partial charge on any atom is -0.494 e. The summed E-state index contributed by atoms with van der Waals surface area (Å²) >= 11 is 0. The number of aliphatic hydroxyl groups is 4. The molecule has 6 rings (SSSR count). The maximum absolute atomic E-state index is 13.3. The van der Waals surface area contributed by atoms with E-state index < -0.39 is 93.8 Å². The molecule has 5 unspecified atom stereocenters. The average Bonchev–Trinajstić information content (AvgIpc) is 0.935. The number of hydrogen-bond acceptors (Lipinski definition) is 19. The second-order valence-corrected chi connectivity index (χ2v) is 44.0. The van der Waals surface area contributed by atoms with Gasteiger partial charge in [0.1, 0.15) is 69.8 Å². The Bertz CT molecular complexity index is 3060. The van der Waals surface area contributed by atoms with Gasteiger partial charge >= 0.3 is 42.8 Å². The molecule has 19 nitrogen and oxygen atoms in total. The van der Waals surface area contributed by atoms with Gasteiger partial charge in [-0.2, -0.15) is 0 Å². The van der Waals surface area contributed by atoms with Crippen LogP contribution in [-0.2, 0) is 20.6 Å². The molecule has 89 heavy (non-hydrogen) atoms. The van der Waals surface area contributed by atoms with Crippen molar-refractivity contribution in [2.24, 2.45) is 5.41 Å². The molecule has 0 aromatic heterocycles. The summed E-state index contributed by atoms with van der Waals surface area (Å²) in [4.78, 5) is 65.1. The van der Waals surface area contributed by atoms with Crippen LogP contribution in [0.1, 0.15) is 141 Å². The largest absolute Gasteiger partial charge is 0.494 e. The SMILES string of the molecule is CC(C)(C)C(=O)c1ccc(OC[Si]2(C)O[Si](C)(CCCOc3ccc(C(=O)C(C)(C)O)cc3)O[Si](C)(CCCOc3ccc(C(=O)C(C)(C)O)cc3)O[Si](C)(COc3ccc(C(=O)C(C)(C)O)cc3)O[Si](C)(COc3ccc(C(=O)C(C)(C)O)cc3)O2)cc1. The van der Waals surface area contributed by atoms with Crippen LogP contribution < -0.4 is 23.7 Å². The number of ether oxygens (including phenoxy) is 5. The fraction of sp³-hybridized carbons (Fsp3) is 0.462. The van der Waals surface area contributed by atoms with E-state index in [2.05, 4.69) is 0 Å². The lowest BCUT2D eigenvalue weighted by Gasteiger charge is -2.49. The number of rotatable bonds is 28. The Kier molecular flexibility index (Phi) is 23.0. The summed E-state index contributed by atoms with van der Waals surface area (Å²) in [6.45, 7) is 26.9. The molecule has 1 heterocycles. The molecule has 0 aliphatic carbocycles. The van der Waals surface area contributed by atoms with Gasteiger partial charge in [0.15, 0.2) is 28.9 Å². The maximum Gasteiger partial charge on any atom is 0.356 e. The summed E-state index contributed by atoms with van der Waals surface area (Å²) in [5, 5.41) is 41.8. The molecule has 0 radical (unpaired) electrons. The highest BCUT2D eigenvalue weighted by atomic mass is 28.5. The van der Waals surface area contributed by atoms with Crippen molar-refractivity contribution in [1.29, 1.82) is 0 Å². The normalized spacial score (nSPS) is 22.1. The van der Waals surface area contributed by atoms with E-state index >= 15 is 0 Å². The summed E-state index contributed by atoms with van der Waals surface area (Å²) in [6.07, 6.45) is 0.493. The first-order chi connectivity index (χ1) is 41.0. The van der Waals surface area contributed by atoms with Crippen LogP contribution in [0.2, 0.25) is 44.8 Å².